The summed E-state index contributed by atoms with van der Waals surface area (Å²) in [6, 6.07) is 0.724. The predicted molar refractivity (Wildman–Crippen MR) is 60.6 cm³/mol. The number of unbranched alkanes of at least 4 members (excludes halogenated alkanes) is 2. The molecule has 84 valence electrons. The van der Waals surface area contributed by atoms with Crippen LogP contribution in [0.5, 0.6) is 0 Å². The van der Waals surface area contributed by atoms with Gasteiger partial charge in [0.2, 0.25) is 0 Å². The maximum atomic E-state index is 5.79. The van der Waals surface area contributed by atoms with Crippen LogP contribution < -0.4 is 5.32 Å². The zero-order valence-electron chi connectivity index (χ0n) is 9.72. The molecule has 2 atom stereocenters. The van der Waals surface area contributed by atoms with Crippen molar-refractivity contribution in [2.24, 2.45) is 0 Å². The van der Waals surface area contributed by atoms with E-state index in [-0.39, 0.29) is 0 Å². The number of rotatable bonds is 7. The molecule has 1 aliphatic rings. The van der Waals surface area contributed by atoms with Gasteiger partial charge >= 0.3 is 0 Å². The summed E-state index contributed by atoms with van der Waals surface area (Å²) in [6.45, 7) is 6.48. The molecule has 0 unspecified atom stereocenters. The van der Waals surface area contributed by atoms with Crippen LogP contribution in [0.4, 0.5) is 0 Å². The highest BCUT2D eigenvalue weighted by atomic mass is 16.5. The first-order valence-electron chi connectivity index (χ1n) is 6.21. The summed E-state index contributed by atoms with van der Waals surface area (Å²) in [5, 5.41) is 3.54. The minimum atomic E-state index is 0.489. The van der Waals surface area contributed by atoms with E-state index in [2.05, 4.69) is 19.2 Å². The average molecular weight is 199 g/mol. The number of hydrogen-bond donors (Lipinski definition) is 1. The van der Waals surface area contributed by atoms with Gasteiger partial charge in [0.1, 0.15) is 0 Å². The van der Waals surface area contributed by atoms with Crippen molar-refractivity contribution in [1.82, 2.24) is 5.32 Å². The molecule has 1 N–H and O–H groups in total. The van der Waals surface area contributed by atoms with Gasteiger partial charge < -0.3 is 10.1 Å². The van der Waals surface area contributed by atoms with Crippen LogP contribution in [0, 0.1) is 0 Å². The monoisotopic (exact) mass is 199 g/mol. The van der Waals surface area contributed by atoms with Gasteiger partial charge in [-0.3, -0.25) is 0 Å². The number of hydrogen-bond acceptors (Lipinski definition) is 2. The first-order valence-corrected chi connectivity index (χ1v) is 6.21. The van der Waals surface area contributed by atoms with Gasteiger partial charge in [-0.05, 0) is 19.3 Å². The molecule has 1 saturated heterocycles. The van der Waals surface area contributed by atoms with Gasteiger partial charge in [-0.15, -0.1) is 0 Å². The Labute approximate surface area is 88.4 Å². The van der Waals surface area contributed by atoms with Gasteiger partial charge in [0, 0.05) is 19.2 Å². The Balaban J connectivity index is 2.02. The molecule has 1 heterocycles. The van der Waals surface area contributed by atoms with Crippen molar-refractivity contribution in [2.45, 2.75) is 64.5 Å². The highest BCUT2D eigenvalue weighted by molar-refractivity contribution is 4.81. The zero-order valence-corrected chi connectivity index (χ0v) is 9.72. The lowest BCUT2D eigenvalue weighted by Crippen LogP contribution is -2.21. The second-order valence-electron chi connectivity index (χ2n) is 4.33. The Hall–Kier alpha value is -0.0800. The maximum absolute atomic E-state index is 5.79. The molecular formula is C12H25NO. The fourth-order valence-electron chi connectivity index (χ4n) is 1.97. The van der Waals surface area contributed by atoms with Crippen molar-refractivity contribution in [3.63, 3.8) is 0 Å². The summed E-state index contributed by atoms with van der Waals surface area (Å²) < 4.78 is 5.79. The minimum absolute atomic E-state index is 0.489. The lowest BCUT2D eigenvalue weighted by Gasteiger charge is -2.10. The molecule has 14 heavy (non-hydrogen) atoms. The van der Waals surface area contributed by atoms with E-state index in [0.717, 1.165) is 19.2 Å². The molecular weight excluding hydrogens is 174 g/mol. The van der Waals surface area contributed by atoms with E-state index in [9.17, 15) is 0 Å². The average Bonchev–Trinajstić information content (AvgIpc) is 2.63. The van der Waals surface area contributed by atoms with Crippen molar-refractivity contribution < 1.29 is 4.74 Å². The summed E-state index contributed by atoms with van der Waals surface area (Å²) in [6.07, 6.45) is 8.13. The van der Waals surface area contributed by atoms with Gasteiger partial charge in [0.25, 0.3) is 0 Å². The standard InChI is InChI=1S/C12H25NO/c1-3-5-7-11-9-12(10-13-11)14-8-6-4-2/h11-13H,3-10H2,1-2H3/t11-,12+/m0/s1. The van der Waals surface area contributed by atoms with Crippen LogP contribution in [0.1, 0.15) is 52.4 Å². The topological polar surface area (TPSA) is 21.3 Å². The Morgan fingerprint density at radius 2 is 2.00 bits per heavy atom. The van der Waals surface area contributed by atoms with Crippen LogP contribution in [0.3, 0.4) is 0 Å². The second-order valence-corrected chi connectivity index (χ2v) is 4.33. The van der Waals surface area contributed by atoms with E-state index in [4.69, 9.17) is 4.74 Å². The Morgan fingerprint density at radius 3 is 2.71 bits per heavy atom. The molecule has 2 heteroatoms. The summed E-state index contributed by atoms with van der Waals surface area (Å²) >= 11 is 0. The third-order valence-electron chi connectivity index (χ3n) is 2.94. The van der Waals surface area contributed by atoms with E-state index in [1.165, 1.54) is 38.5 Å². The molecule has 0 aromatic heterocycles. The van der Waals surface area contributed by atoms with Gasteiger partial charge in [-0.2, -0.15) is 0 Å². The van der Waals surface area contributed by atoms with Gasteiger partial charge in [0.05, 0.1) is 6.10 Å². The molecule has 0 aromatic carbocycles. The first-order chi connectivity index (χ1) is 6.86. The summed E-state index contributed by atoms with van der Waals surface area (Å²) in [7, 11) is 0. The first kappa shape index (κ1) is 12.0. The molecule has 1 rings (SSSR count). The van der Waals surface area contributed by atoms with Crippen molar-refractivity contribution in [3.05, 3.63) is 0 Å². The van der Waals surface area contributed by atoms with Crippen molar-refractivity contribution >= 4 is 0 Å². The molecule has 0 bridgehead atoms. The zero-order chi connectivity index (χ0) is 10.2. The van der Waals surface area contributed by atoms with Crippen molar-refractivity contribution in [1.29, 1.82) is 0 Å². The van der Waals surface area contributed by atoms with E-state index in [1.54, 1.807) is 0 Å². The lowest BCUT2D eigenvalue weighted by atomic mass is 10.1. The molecule has 0 amide bonds. The summed E-state index contributed by atoms with van der Waals surface area (Å²) in [5.74, 6) is 0. The Kier molecular flexibility index (Phi) is 6.20. The summed E-state index contributed by atoms with van der Waals surface area (Å²) in [4.78, 5) is 0. The van der Waals surface area contributed by atoms with Crippen molar-refractivity contribution in [2.75, 3.05) is 13.2 Å². The summed E-state index contributed by atoms with van der Waals surface area (Å²) in [5.41, 5.74) is 0. The largest absolute Gasteiger partial charge is 0.377 e. The minimum Gasteiger partial charge on any atom is -0.377 e. The highest BCUT2D eigenvalue weighted by Gasteiger charge is 2.23. The fraction of sp³-hybridized carbons (Fsp3) is 1.00. The molecule has 0 spiro atoms. The van der Waals surface area contributed by atoms with Crippen molar-refractivity contribution in [3.8, 4) is 0 Å². The highest BCUT2D eigenvalue weighted by Crippen LogP contribution is 2.15. The smallest absolute Gasteiger partial charge is 0.0714 e. The van der Waals surface area contributed by atoms with Crippen LogP contribution in [0.2, 0.25) is 0 Å². The molecule has 0 radical (unpaired) electrons. The van der Waals surface area contributed by atoms with E-state index >= 15 is 0 Å². The number of ether oxygens (including phenoxy) is 1. The molecule has 0 saturated carbocycles. The van der Waals surface area contributed by atoms with E-state index in [1.807, 2.05) is 0 Å². The SMILES string of the molecule is CCCCO[C@H]1CN[C@@H](CCCC)C1. The second kappa shape index (κ2) is 7.24. The molecule has 2 nitrogen and oxygen atoms in total. The van der Waals surface area contributed by atoms with E-state index < -0.39 is 0 Å². The van der Waals surface area contributed by atoms with Crippen LogP contribution in [-0.4, -0.2) is 25.3 Å². The van der Waals surface area contributed by atoms with Gasteiger partial charge in [0.15, 0.2) is 0 Å². The molecule has 0 aromatic rings. The third-order valence-corrected chi connectivity index (χ3v) is 2.94. The van der Waals surface area contributed by atoms with Crippen LogP contribution in [0.25, 0.3) is 0 Å². The fourth-order valence-corrected chi connectivity index (χ4v) is 1.97. The van der Waals surface area contributed by atoms with Gasteiger partial charge in [-0.1, -0.05) is 33.1 Å². The Bertz CT molecular complexity index is 138. The normalized spacial score (nSPS) is 27.0. The molecule has 0 aliphatic carbocycles. The maximum Gasteiger partial charge on any atom is 0.0714 e. The quantitative estimate of drug-likeness (QED) is 0.637. The predicted octanol–water partition coefficient (Wildman–Crippen LogP) is 2.72. The van der Waals surface area contributed by atoms with Crippen LogP contribution >= 0.6 is 0 Å². The lowest BCUT2D eigenvalue weighted by molar-refractivity contribution is 0.0632. The van der Waals surface area contributed by atoms with E-state index in [0.29, 0.717) is 6.10 Å². The molecule has 1 aliphatic heterocycles. The number of nitrogens with one attached hydrogen (secondary N) is 1. The Morgan fingerprint density at radius 1 is 1.21 bits per heavy atom. The van der Waals surface area contributed by atoms with Crippen LogP contribution in [-0.2, 0) is 4.74 Å². The molecule has 1 fully saturated rings. The van der Waals surface area contributed by atoms with Crippen LogP contribution in [0.15, 0.2) is 0 Å². The third kappa shape index (κ3) is 4.43. The van der Waals surface area contributed by atoms with Gasteiger partial charge in [-0.25, -0.2) is 0 Å².